The van der Waals surface area contributed by atoms with E-state index in [-0.39, 0.29) is 0 Å². The molecule has 0 saturated heterocycles. The van der Waals surface area contributed by atoms with Gasteiger partial charge in [-0.25, -0.2) is 9.97 Å². The Labute approximate surface area is 321 Å². The van der Waals surface area contributed by atoms with Crippen molar-refractivity contribution in [1.82, 2.24) is 15.0 Å². The minimum Gasteiger partial charge on any atom is -0.258 e. The van der Waals surface area contributed by atoms with E-state index in [0.29, 0.717) is 5.82 Å². The number of hydrogen-bond donors (Lipinski definition) is 0. The number of hydrogen-bond acceptors (Lipinski definition) is 3. The second-order valence-corrected chi connectivity index (χ2v) is 14.4. The van der Waals surface area contributed by atoms with Crippen LogP contribution in [-0.4, -0.2) is 15.0 Å². The van der Waals surface area contributed by atoms with Crippen molar-refractivity contribution in [3.05, 3.63) is 222 Å². The Morgan fingerprint density at radius 3 is 1.75 bits per heavy atom. The van der Waals surface area contributed by atoms with Crippen LogP contribution in [0.2, 0.25) is 0 Å². The molecule has 3 heteroatoms. The van der Waals surface area contributed by atoms with Crippen molar-refractivity contribution >= 4 is 10.8 Å². The first-order valence-electron chi connectivity index (χ1n) is 18.9. The predicted molar refractivity (Wildman–Crippen MR) is 226 cm³/mol. The third-order valence-electron chi connectivity index (χ3n) is 11.2. The van der Waals surface area contributed by atoms with E-state index >= 15 is 0 Å². The number of fused-ring (bicyclic) bond motifs is 4. The molecule has 9 aromatic rings. The van der Waals surface area contributed by atoms with E-state index in [2.05, 4.69) is 195 Å². The minimum absolute atomic E-state index is 0.515. The zero-order valence-electron chi connectivity index (χ0n) is 30.7. The van der Waals surface area contributed by atoms with Crippen molar-refractivity contribution in [2.75, 3.05) is 0 Å². The molecule has 0 aliphatic heterocycles. The number of aromatic nitrogens is 3. The van der Waals surface area contributed by atoms with Gasteiger partial charge in [-0.1, -0.05) is 176 Å². The van der Waals surface area contributed by atoms with Crippen LogP contribution >= 0.6 is 0 Å². The maximum absolute atomic E-state index is 5.46. The molecule has 2 aromatic heterocycles. The third-order valence-corrected chi connectivity index (χ3v) is 11.2. The summed E-state index contributed by atoms with van der Waals surface area (Å²) in [6, 6.07) is 67.5. The predicted octanol–water partition coefficient (Wildman–Crippen LogP) is 12.7. The fourth-order valence-electron chi connectivity index (χ4n) is 8.79. The Morgan fingerprint density at radius 1 is 0.400 bits per heavy atom. The smallest absolute Gasteiger partial charge is 0.161 e. The molecule has 1 aliphatic rings. The van der Waals surface area contributed by atoms with Gasteiger partial charge in [0.25, 0.3) is 0 Å². The van der Waals surface area contributed by atoms with Crippen LogP contribution < -0.4 is 0 Å². The summed E-state index contributed by atoms with van der Waals surface area (Å²) >= 11 is 0. The molecule has 0 saturated carbocycles. The number of benzene rings is 7. The minimum atomic E-state index is -0.515. The van der Waals surface area contributed by atoms with Gasteiger partial charge in [0, 0.05) is 33.6 Å². The molecule has 55 heavy (non-hydrogen) atoms. The van der Waals surface area contributed by atoms with Gasteiger partial charge in [0.05, 0.1) is 16.8 Å². The second-order valence-electron chi connectivity index (χ2n) is 14.4. The summed E-state index contributed by atoms with van der Waals surface area (Å²) in [7, 11) is 0. The highest BCUT2D eigenvalue weighted by Gasteiger charge is 2.47. The maximum atomic E-state index is 5.46. The van der Waals surface area contributed by atoms with E-state index in [1.165, 1.54) is 38.8 Å². The Balaban J connectivity index is 1.23. The molecule has 0 bridgehead atoms. The molecular weight excluding hydrogens is 667 g/mol. The van der Waals surface area contributed by atoms with Gasteiger partial charge in [-0.05, 0) is 75.7 Å². The summed E-state index contributed by atoms with van der Waals surface area (Å²) in [5.41, 5.74) is 16.0. The molecule has 2 heterocycles. The van der Waals surface area contributed by atoms with Crippen molar-refractivity contribution < 1.29 is 0 Å². The first-order valence-corrected chi connectivity index (χ1v) is 18.9. The van der Waals surface area contributed by atoms with Gasteiger partial charge in [-0.15, -0.1) is 0 Å². The van der Waals surface area contributed by atoms with Crippen molar-refractivity contribution in [3.63, 3.8) is 0 Å². The highest BCUT2D eigenvalue weighted by molar-refractivity contribution is 5.98. The normalized spacial score (nSPS) is 12.7. The van der Waals surface area contributed by atoms with Crippen LogP contribution in [0.15, 0.2) is 188 Å². The average Bonchev–Trinajstić information content (AvgIpc) is 3.55. The van der Waals surface area contributed by atoms with Crippen LogP contribution in [0.4, 0.5) is 0 Å². The highest BCUT2D eigenvalue weighted by Crippen LogP contribution is 2.58. The molecular formula is C52H37N3. The van der Waals surface area contributed by atoms with E-state index in [1.807, 2.05) is 6.92 Å². The molecule has 7 aromatic carbocycles. The van der Waals surface area contributed by atoms with Crippen LogP contribution in [0.1, 0.15) is 33.6 Å². The van der Waals surface area contributed by atoms with Gasteiger partial charge in [0.1, 0.15) is 0 Å². The van der Waals surface area contributed by atoms with Crippen LogP contribution in [0, 0.1) is 13.8 Å². The van der Waals surface area contributed by atoms with Crippen LogP contribution in [0.3, 0.4) is 0 Å². The summed E-state index contributed by atoms with van der Waals surface area (Å²) in [5.74, 6) is 0.701. The van der Waals surface area contributed by atoms with Gasteiger partial charge < -0.3 is 0 Å². The summed E-state index contributed by atoms with van der Waals surface area (Å²) in [5, 5.41) is 2.34. The van der Waals surface area contributed by atoms with E-state index in [4.69, 9.17) is 15.0 Å². The fourth-order valence-corrected chi connectivity index (χ4v) is 8.79. The van der Waals surface area contributed by atoms with E-state index < -0.39 is 5.41 Å². The molecule has 0 unspecified atom stereocenters. The molecule has 0 radical (unpaired) electrons. The first kappa shape index (κ1) is 32.7. The lowest BCUT2D eigenvalue weighted by molar-refractivity contribution is 0.768. The van der Waals surface area contributed by atoms with Crippen molar-refractivity contribution in [1.29, 1.82) is 0 Å². The highest BCUT2D eigenvalue weighted by atomic mass is 14.9. The average molecular weight is 704 g/mol. The maximum Gasteiger partial charge on any atom is 0.161 e. The topological polar surface area (TPSA) is 38.7 Å². The van der Waals surface area contributed by atoms with Crippen LogP contribution in [0.5, 0.6) is 0 Å². The molecule has 260 valence electrons. The van der Waals surface area contributed by atoms with Crippen molar-refractivity contribution in [3.8, 4) is 56.2 Å². The largest absolute Gasteiger partial charge is 0.258 e. The van der Waals surface area contributed by atoms with Gasteiger partial charge in [-0.2, -0.15) is 0 Å². The van der Waals surface area contributed by atoms with Crippen molar-refractivity contribution in [2.45, 2.75) is 19.3 Å². The lowest BCUT2D eigenvalue weighted by Crippen LogP contribution is -2.28. The molecule has 0 spiro atoms. The molecule has 0 amide bonds. The van der Waals surface area contributed by atoms with Crippen LogP contribution in [-0.2, 0) is 5.41 Å². The number of pyridine rings is 1. The third kappa shape index (κ3) is 5.31. The zero-order valence-corrected chi connectivity index (χ0v) is 30.7. The summed E-state index contributed by atoms with van der Waals surface area (Å²) < 4.78 is 0. The molecule has 10 rings (SSSR count). The van der Waals surface area contributed by atoms with E-state index in [1.54, 1.807) is 0 Å². The molecule has 0 fully saturated rings. The Hall–Kier alpha value is -6.97. The summed E-state index contributed by atoms with van der Waals surface area (Å²) in [6.45, 7) is 4.11. The van der Waals surface area contributed by atoms with Crippen LogP contribution in [0.25, 0.3) is 66.9 Å². The Bertz CT molecular complexity index is 2830. The lowest BCUT2D eigenvalue weighted by Gasteiger charge is -2.33. The Kier molecular flexibility index (Phi) is 7.81. The first-order chi connectivity index (χ1) is 27.1. The lowest BCUT2D eigenvalue weighted by atomic mass is 9.67. The monoisotopic (exact) mass is 703 g/mol. The molecule has 0 N–H and O–H groups in total. The molecule has 1 aliphatic carbocycles. The Morgan fingerprint density at radius 2 is 0.982 bits per heavy atom. The number of rotatable bonds is 6. The quantitative estimate of drug-likeness (QED) is 0.173. The molecule has 0 atom stereocenters. The van der Waals surface area contributed by atoms with E-state index in [0.717, 1.165) is 56.0 Å². The number of nitrogens with zero attached hydrogens (tertiary/aromatic N) is 3. The van der Waals surface area contributed by atoms with Gasteiger partial charge in [0.15, 0.2) is 5.82 Å². The number of aryl methyl sites for hydroxylation is 2. The van der Waals surface area contributed by atoms with Gasteiger partial charge >= 0.3 is 0 Å². The zero-order chi connectivity index (χ0) is 36.9. The van der Waals surface area contributed by atoms with Crippen molar-refractivity contribution in [2.24, 2.45) is 0 Å². The summed E-state index contributed by atoms with van der Waals surface area (Å²) in [4.78, 5) is 15.6. The second kappa shape index (κ2) is 13.2. The standard InChI is InChI=1S/C52H37N3/c1-34-27-32-41(35(2)53-34)37-28-30-38(31-29-37)48-33-49(43-23-13-16-36-15-9-10-21-42(36)43)55-51(54-48)45-24-14-26-47-50(45)44-22-11-12-25-46(44)52(47,39-17-5-3-6-18-39)40-19-7-4-8-20-40/h3-33H,1-2H3. The SMILES string of the molecule is Cc1ccc(-c2ccc(-c3cc(-c4cccc5ccccc45)nc(-c4cccc5c4-c4ccccc4C5(c4ccccc4)c4ccccc4)n3)cc2)c(C)n1. The van der Waals surface area contributed by atoms with E-state index in [9.17, 15) is 0 Å². The van der Waals surface area contributed by atoms with Gasteiger partial charge in [-0.3, -0.25) is 4.98 Å². The molecule has 3 nitrogen and oxygen atoms in total. The fraction of sp³-hybridized carbons (Fsp3) is 0.0577. The van der Waals surface area contributed by atoms with Gasteiger partial charge in [0.2, 0.25) is 0 Å². The summed E-state index contributed by atoms with van der Waals surface area (Å²) in [6.07, 6.45) is 0.